The fourth-order valence-electron chi connectivity index (χ4n) is 2.14. The van der Waals surface area contributed by atoms with Gasteiger partial charge < -0.3 is 5.32 Å². The third-order valence-electron chi connectivity index (χ3n) is 3.11. The molecule has 5 nitrogen and oxygen atoms in total. The maximum absolute atomic E-state index is 4.47. The van der Waals surface area contributed by atoms with Crippen LogP contribution in [0.5, 0.6) is 0 Å². The van der Waals surface area contributed by atoms with Crippen LogP contribution in [0.1, 0.15) is 12.7 Å². The summed E-state index contributed by atoms with van der Waals surface area (Å²) in [4.78, 5) is 8.73. The summed E-state index contributed by atoms with van der Waals surface area (Å²) in [5.41, 5.74) is 1.96. The number of fused-ring (bicyclic) bond motifs is 1. The van der Waals surface area contributed by atoms with Gasteiger partial charge in [-0.2, -0.15) is 5.10 Å². The summed E-state index contributed by atoms with van der Waals surface area (Å²) in [6.07, 6.45) is 3.39. The van der Waals surface area contributed by atoms with Gasteiger partial charge in [-0.15, -0.1) is 0 Å². The van der Waals surface area contributed by atoms with Crippen molar-refractivity contribution in [2.45, 2.75) is 20.0 Å². The summed E-state index contributed by atoms with van der Waals surface area (Å²) in [6.45, 7) is 3.50. The van der Waals surface area contributed by atoms with E-state index in [0.29, 0.717) is 6.54 Å². The largest absolute Gasteiger partial charge is 0.376 e. The standard InChI is InChI=1S/C14H14BrN5/c1-2-20-13(18-9-19-20)8-16-12-5-3-4-10-6-11(15)7-17-14(10)12/h3-7,9,16H,2,8H2,1H3. The number of pyridine rings is 1. The van der Waals surface area contributed by atoms with Gasteiger partial charge in [0.1, 0.15) is 12.2 Å². The van der Waals surface area contributed by atoms with Gasteiger partial charge in [-0.25, -0.2) is 9.67 Å². The highest BCUT2D eigenvalue weighted by Crippen LogP contribution is 2.24. The number of hydrogen-bond donors (Lipinski definition) is 1. The Morgan fingerprint density at radius 2 is 2.20 bits per heavy atom. The lowest BCUT2D eigenvalue weighted by atomic mass is 10.2. The summed E-state index contributed by atoms with van der Waals surface area (Å²) >= 11 is 3.44. The number of nitrogens with one attached hydrogen (secondary N) is 1. The minimum Gasteiger partial charge on any atom is -0.376 e. The highest BCUT2D eigenvalue weighted by Gasteiger charge is 2.05. The second kappa shape index (κ2) is 5.58. The van der Waals surface area contributed by atoms with Gasteiger partial charge in [0.2, 0.25) is 0 Å². The Kier molecular flexibility index (Phi) is 3.64. The van der Waals surface area contributed by atoms with Crippen molar-refractivity contribution >= 4 is 32.5 Å². The molecule has 0 saturated carbocycles. The summed E-state index contributed by atoms with van der Waals surface area (Å²) in [6, 6.07) is 8.15. The number of aromatic nitrogens is 4. The van der Waals surface area contributed by atoms with Gasteiger partial charge in [0.25, 0.3) is 0 Å². The summed E-state index contributed by atoms with van der Waals surface area (Å²) in [5, 5.41) is 8.65. The minimum atomic E-state index is 0.630. The number of hydrogen-bond acceptors (Lipinski definition) is 4. The first-order chi connectivity index (χ1) is 9.78. The molecule has 102 valence electrons. The number of rotatable bonds is 4. The molecule has 1 aromatic carbocycles. The summed E-state index contributed by atoms with van der Waals surface area (Å²) in [7, 11) is 0. The number of nitrogens with zero attached hydrogens (tertiary/aromatic N) is 4. The predicted molar refractivity (Wildman–Crippen MR) is 82.5 cm³/mol. The minimum absolute atomic E-state index is 0.630. The molecule has 0 radical (unpaired) electrons. The molecule has 3 aromatic rings. The SMILES string of the molecule is CCn1ncnc1CNc1cccc2cc(Br)cnc12. The Morgan fingerprint density at radius 1 is 1.30 bits per heavy atom. The summed E-state index contributed by atoms with van der Waals surface area (Å²) < 4.78 is 2.86. The van der Waals surface area contributed by atoms with Crippen molar-refractivity contribution in [3.8, 4) is 0 Å². The normalized spacial score (nSPS) is 10.9. The van der Waals surface area contributed by atoms with Gasteiger partial charge in [-0.3, -0.25) is 4.98 Å². The average molecular weight is 332 g/mol. The van der Waals surface area contributed by atoms with E-state index in [9.17, 15) is 0 Å². The second-order valence-electron chi connectivity index (χ2n) is 4.38. The third kappa shape index (κ3) is 2.51. The van der Waals surface area contributed by atoms with E-state index >= 15 is 0 Å². The van der Waals surface area contributed by atoms with Crippen molar-refractivity contribution in [3.05, 3.63) is 47.1 Å². The zero-order valence-corrected chi connectivity index (χ0v) is 12.6. The Bertz CT molecular complexity index is 737. The van der Waals surface area contributed by atoms with Crippen LogP contribution in [0, 0.1) is 0 Å². The van der Waals surface area contributed by atoms with Crippen LogP contribution >= 0.6 is 15.9 Å². The molecule has 0 aliphatic rings. The molecule has 0 spiro atoms. The van der Waals surface area contributed by atoms with E-state index in [0.717, 1.165) is 33.4 Å². The van der Waals surface area contributed by atoms with Gasteiger partial charge in [-0.05, 0) is 35.0 Å². The highest BCUT2D eigenvalue weighted by atomic mass is 79.9. The lowest BCUT2D eigenvalue weighted by Gasteiger charge is -2.09. The van der Waals surface area contributed by atoms with Crippen LogP contribution in [0.4, 0.5) is 5.69 Å². The molecule has 0 aliphatic carbocycles. The van der Waals surface area contributed by atoms with Crippen molar-refractivity contribution < 1.29 is 0 Å². The van der Waals surface area contributed by atoms with Gasteiger partial charge in [0, 0.05) is 22.6 Å². The first kappa shape index (κ1) is 13.1. The van der Waals surface area contributed by atoms with E-state index in [1.165, 1.54) is 0 Å². The number of para-hydroxylation sites is 1. The molecule has 0 aliphatic heterocycles. The van der Waals surface area contributed by atoms with Gasteiger partial charge in [-0.1, -0.05) is 12.1 Å². The quantitative estimate of drug-likeness (QED) is 0.797. The van der Waals surface area contributed by atoms with Crippen molar-refractivity contribution in [1.82, 2.24) is 19.7 Å². The molecule has 6 heteroatoms. The Morgan fingerprint density at radius 3 is 3.05 bits per heavy atom. The highest BCUT2D eigenvalue weighted by molar-refractivity contribution is 9.10. The molecule has 0 saturated heterocycles. The molecule has 2 aromatic heterocycles. The lowest BCUT2D eigenvalue weighted by Crippen LogP contribution is -2.09. The van der Waals surface area contributed by atoms with Crippen LogP contribution in [0.25, 0.3) is 10.9 Å². The van der Waals surface area contributed by atoms with Crippen molar-refractivity contribution in [1.29, 1.82) is 0 Å². The fourth-order valence-corrected chi connectivity index (χ4v) is 2.49. The molecule has 1 N–H and O–H groups in total. The molecule has 20 heavy (non-hydrogen) atoms. The van der Waals surface area contributed by atoms with Gasteiger partial charge in [0.15, 0.2) is 0 Å². The van der Waals surface area contributed by atoms with Gasteiger partial charge >= 0.3 is 0 Å². The fraction of sp³-hybridized carbons (Fsp3) is 0.214. The number of aryl methyl sites for hydroxylation is 1. The lowest BCUT2D eigenvalue weighted by molar-refractivity contribution is 0.622. The van der Waals surface area contributed by atoms with E-state index in [1.807, 2.05) is 29.1 Å². The van der Waals surface area contributed by atoms with Crippen LogP contribution < -0.4 is 5.32 Å². The van der Waals surface area contributed by atoms with Crippen LogP contribution in [0.2, 0.25) is 0 Å². The topological polar surface area (TPSA) is 55.6 Å². The van der Waals surface area contributed by atoms with Crippen molar-refractivity contribution in [2.75, 3.05) is 5.32 Å². The Hall–Kier alpha value is -1.95. The zero-order chi connectivity index (χ0) is 13.9. The van der Waals surface area contributed by atoms with Crippen LogP contribution in [0.15, 0.2) is 41.3 Å². The first-order valence-corrected chi connectivity index (χ1v) is 7.22. The van der Waals surface area contributed by atoms with E-state index in [-0.39, 0.29) is 0 Å². The number of anilines is 1. The van der Waals surface area contributed by atoms with Crippen molar-refractivity contribution in [3.63, 3.8) is 0 Å². The molecular weight excluding hydrogens is 318 g/mol. The van der Waals surface area contributed by atoms with E-state index < -0.39 is 0 Å². The van der Waals surface area contributed by atoms with Crippen LogP contribution in [-0.4, -0.2) is 19.7 Å². The smallest absolute Gasteiger partial charge is 0.146 e. The monoisotopic (exact) mass is 331 g/mol. The molecule has 0 bridgehead atoms. The molecule has 0 fully saturated rings. The molecular formula is C14H14BrN5. The second-order valence-corrected chi connectivity index (χ2v) is 5.29. The van der Waals surface area contributed by atoms with Crippen LogP contribution in [0.3, 0.4) is 0 Å². The molecule has 2 heterocycles. The predicted octanol–water partition coefficient (Wildman–Crippen LogP) is 3.22. The molecule has 0 amide bonds. The zero-order valence-electron chi connectivity index (χ0n) is 11.0. The molecule has 0 atom stereocenters. The Labute approximate surface area is 125 Å². The summed E-state index contributed by atoms with van der Waals surface area (Å²) in [5.74, 6) is 0.918. The van der Waals surface area contributed by atoms with Crippen molar-refractivity contribution in [2.24, 2.45) is 0 Å². The maximum atomic E-state index is 4.47. The maximum Gasteiger partial charge on any atom is 0.146 e. The molecule has 0 unspecified atom stereocenters. The average Bonchev–Trinajstić information content (AvgIpc) is 2.92. The third-order valence-corrected chi connectivity index (χ3v) is 3.54. The Balaban J connectivity index is 1.88. The number of halogens is 1. The van der Waals surface area contributed by atoms with Gasteiger partial charge in [0.05, 0.1) is 17.7 Å². The number of benzene rings is 1. The first-order valence-electron chi connectivity index (χ1n) is 6.42. The van der Waals surface area contributed by atoms with E-state index in [2.05, 4.69) is 49.3 Å². The van der Waals surface area contributed by atoms with Crippen LogP contribution in [-0.2, 0) is 13.1 Å². The molecule has 3 rings (SSSR count). The van der Waals surface area contributed by atoms with E-state index in [1.54, 1.807) is 6.33 Å². The van der Waals surface area contributed by atoms with E-state index in [4.69, 9.17) is 0 Å².